The van der Waals surface area contributed by atoms with E-state index in [1.807, 2.05) is 60.4 Å². The van der Waals surface area contributed by atoms with Crippen LogP contribution in [0.2, 0.25) is 0 Å². The van der Waals surface area contributed by atoms with Crippen molar-refractivity contribution in [2.24, 2.45) is 0 Å². The molecule has 1 aliphatic carbocycles. The zero-order valence-corrected chi connectivity index (χ0v) is 19.4. The average Bonchev–Trinajstić information content (AvgIpc) is 3.29. The Balaban J connectivity index is 1.52. The lowest BCUT2D eigenvalue weighted by atomic mass is 9.68. The van der Waals surface area contributed by atoms with Crippen molar-refractivity contribution in [2.45, 2.75) is 37.6 Å². The molecule has 1 unspecified atom stereocenters. The van der Waals surface area contributed by atoms with Crippen LogP contribution in [0.4, 0.5) is 5.69 Å². The lowest BCUT2D eigenvalue weighted by molar-refractivity contribution is 0.0952. The summed E-state index contributed by atoms with van der Waals surface area (Å²) in [6.45, 7) is 8.11. The molecule has 3 aromatic rings. The molecule has 170 valence electrons. The number of para-hydroxylation sites is 1. The van der Waals surface area contributed by atoms with Crippen LogP contribution in [0.5, 0.6) is 0 Å². The molecule has 3 aromatic carbocycles. The number of ketones is 1. The molecule has 1 fully saturated rings. The number of carbonyl (C=O) groups excluding carboxylic acids is 2. The molecule has 1 atom stereocenters. The van der Waals surface area contributed by atoms with E-state index in [1.165, 1.54) is 5.56 Å². The second-order valence-electron chi connectivity index (χ2n) is 9.88. The van der Waals surface area contributed by atoms with Crippen molar-refractivity contribution in [1.82, 2.24) is 5.32 Å². The Bertz CT molecular complexity index is 1350. The minimum atomic E-state index is -0.110. The molecule has 0 aromatic heterocycles. The van der Waals surface area contributed by atoms with Gasteiger partial charge >= 0.3 is 0 Å². The number of hydrogen-bond donors (Lipinski definition) is 1. The van der Waals surface area contributed by atoms with Gasteiger partial charge in [0.15, 0.2) is 5.78 Å². The zero-order chi connectivity index (χ0) is 23.4. The summed E-state index contributed by atoms with van der Waals surface area (Å²) in [4.78, 5) is 29.8. The van der Waals surface area contributed by atoms with Crippen LogP contribution in [-0.4, -0.2) is 30.8 Å². The van der Waals surface area contributed by atoms with Crippen molar-refractivity contribution < 1.29 is 9.59 Å². The van der Waals surface area contributed by atoms with Crippen molar-refractivity contribution >= 4 is 17.4 Å². The fourth-order valence-corrected chi connectivity index (χ4v) is 6.42. The highest BCUT2D eigenvalue weighted by Gasteiger charge is 2.53. The third-order valence-corrected chi connectivity index (χ3v) is 7.89. The van der Waals surface area contributed by atoms with Gasteiger partial charge in [-0.2, -0.15) is 0 Å². The van der Waals surface area contributed by atoms with Gasteiger partial charge in [0, 0.05) is 22.2 Å². The largest absolute Gasteiger partial charge is 0.317 e. The number of hydrogen-bond acceptors (Lipinski definition) is 3. The number of anilines is 1. The molecule has 4 heteroatoms. The van der Waals surface area contributed by atoms with Gasteiger partial charge in [0.25, 0.3) is 5.91 Å². The number of fused-ring (bicyclic) bond motifs is 5. The molecule has 2 aliphatic heterocycles. The molecule has 2 heterocycles. The van der Waals surface area contributed by atoms with Crippen LogP contribution in [0.25, 0.3) is 11.1 Å². The molecule has 1 amide bonds. The van der Waals surface area contributed by atoms with Crippen LogP contribution in [0.1, 0.15) is 58.0 Å². The van der Waals surface area contributed by atoms with Gasteiger partial charge in [-0.05, 0) is 68.1 Å². The lowest BCUT2D eigenvalue weighted by Gasteiger charge is -2.42. The fourth-order valence-electron chi connectivity index (χ4n) is 6.42. The molecule has 1 N–H and O–H groups in total. The summed E-state index contributed by atoms with van der Waals surface area (Å²) >= 11 is 0. The number of rotatable bonds is 3. The number of nitrogens with zero attached hydrogens (tertiary/aromatic N) is 1. The summed E-state index contributed by atoms with van der Waals surface area (Å²) in [5.74, 6) is -0.151. The van der Waals surface area contributed by atoms with E-state index >= 15 is 0 Å². The van der Waals surface area contributed by atoms with Crippen LogP contribution in [0, 0.1) is 0 Å². The number of benzene rings is 3. The normalized spacial score (nSPS) is 19.6. The summed E-state index contributed by atoms with van der Waals surface area (Å²) in [5, 5.41) is 3.50. The standard InChI is InChI=1S/C30H28N2O2/c1-19(2)18-26-30(14-16-31-17-15-30)24-12-5-6-13-25(24)32(26)29(34)23-11-7-10-21-20-8-3-4-9-22(20)28(33)27(21)23/h3-13,26,31H,1,14-18H2,2H3. The number of carbonyl (C=O) groups is 2. The zero-order valence-electron chi connectivity index (χ0n) is 19.4. The summed E-state index contributed by atoms with van der Waals surface area (Å²) in [6, 6.07) is 21.6. The van der Waals surface area contributed by atoms with E-state index in [1.54, 1.807) is 0 Å². The summed E-state index contributed by atoms with van der Waals surface area (Å²) in [7, 11) is 0. The Morgan fingerprint density at radius 3 is 2.41 bits per heavy atom. The van der Waals surface area contributed by atoms with E-state index < -0.39 is 0 Å². The minimum absolute atomic E-state index is 0.0215. The molecule has 4 nitrogen and oxygen atoms in total. The second kappa shape index (κ2) is 7.78. The van der Waals surface area contributed by atoms with Gasteiger partial charge in [-0.25, -0.2) is 0 Å². The third kappa shape index (κ3) is 2.88. The van der Waals surface area contributed by atoms with E-state index in [2.05, 4.69) is 30.1 Å². The molecule has 3 aliphatic rings. The predicted molar refractivity (Wildman–Crippen MR) is 136 cm³/mol. The first-order valence-electron chi connectivity index (χ1n) is 12.1. The molecule has 0 bridgehead atoms. The van der Waals surface area contributed by atoms with Crippen molar-refractivity contribution in [2.75, 3.05) is 18.0 Å². The lowest BCUT2D eigenvalue weighted by Crippen LogP contribution is -2.52. The molecular weight excluding hydrogens is 420 g/mol. The average molecular weight is 449 g/mol. The maximum absolute atomic E-state index is 14.4. The fraction of sp³-hybridized carbons (Fsp3) is 0.267. The molecule has 34 heavy (non-hydrogen) atoms. The Morgan fingerprint density at radius 2 is 1.65 bits per heavy atom. The quantitative estimate of drug-likeness (QED) is 0.420. The highest BCUT2D eigenvalue weighted by molar-refractivity contribution is 6.27. The van der Waals surface area contributed by atoms with Gasteiger partial charge in [0.05, 0.1) is 11.6 Å². The molecule has 1 saturated heterocycles. The van der Waals surface area contributed by atoms with E-state index in [-0.39, 0.29) is 23.1 Å². The number of nitrogens with one attached hydrogen (secondary N) is 1. The molecule has 1 spiro atoms. The topological polar surface area (TPSA) is 49.4 Å². The number of amides is 1. The van der Waals surface area contributed by atoms with Crippen molar-refractivity contribution in [3.8, 4) is 11.1 Å². The van der Waals surface area contributed by atoms with Gasteiger partial charge in [0.1, 0.15) is 0 Å². The van der Waals surface area contributed by atoms with Crippen molar-refractivity contribution in [3.05, 3.63) is 101 Å². The van der Waals surface area contributed by atoms with Gasteiger partial charge in [0.2, 0.25) is 0 Å². The maximum atomic E-state index is 14.4. The van der Waals surface area contributed by atoms with Gasteiger partial charge in [-0.3, -0.25) is 9.59 Å². The second-order valence-corrected chi connectivity index (χ2v) is 9.88. The van der Waals surface area contributed by atoms with Gasteiger partial charge in [-0.1, -0.05) is 60.2 Å². The third-order valence-electron chi connectivity index (χ3n) is 7.89. The Hall–Kier alpha value is -3.50. The Kier molecular flexibility index (Phi) is 4.82. The highest BCUT2D eigenvalue weighted by Crippen LogP contribution is 2.52. The van der Waals surface area contributed by atoms with Crippen LogP contribution in [-0.2, 0) is 5.41 Å². The van der Waals surface area contributed by atoms with Crippen LogP contribution in [0.3, 0.4) is 0 Å². The van der Waals surface area contributed by atoms with E-state index in [9.17, 15) is 9.59 Å². The van der Waals surface area contributed by atoms with Gasteiger partial charge in [-0.15, -0.1) is 6.58 Å². The smallest absolute Gasteiger partial charge is 0.259 e. The SMILES string of the molecule is C=C(C)CC1N(C(=O)c2cccc3c2C(=O)c2ccccc2-3)c2ccccc2C12CCNCC2. The van der Waals surface area contributed by atoms with E-state index in [0.29, 0.717) is 16.7 Å². The van der Waals surface area contributed by atoms with Crippen molar-refractivity contribution in [3.63, 3.8) is 0 Å². The molecule has 0 radical (unpaired) electrons. The van der Waals surface area contributed by atoms with E-state index in [4.69, 9.17) is 0 Å². The Morgan fingerprint density at radius 1 is 0.971 bits per heavy atom. The van der Waals surface area contributed by atoms with Gasteiger partial charge < -0.3 is 10.2 Å². The first-order chi connectivity index (χ1) is 16.5. The summed E-state index contributed by atoms with van der Waals surface area (Å²) < 4.78 is 0. The van der Waals surface area contributed by atoms with E-state index in [0.717, 1.165) is 54.7 Å². The van der Waals surface area contributed by atoms with Crippen LogP contribution >= 0.6 is 0 Å². The molecule has 0 saturated carbocycles. The van der Waals surface area contributed by atoms with Crippen LogP contribution in [0.15, 0.2) is 78.9 Å². The molecular formula is C30H28N2O2. The molecule has 6 rings (SSSR count). The maximum Gasteiger partial charge on any atom is 0.259 e. The monoisotopic (exact) mass is 448 g/mol. The highest BCUT2D eigenvalue weighted by atomic mass is 16.2. The predicted octanol–water partition coefficient (Wildman–Crippen LogP) is 5.51. The first-order valence-corrected chi connectivity index (χ1v) is 12.1. The minimum Gasteiger partial charge on any atom is -0.317 e. The Labute approximate surface area is 200 Å². The summed E-state index contributed by atoms with van der Waals surface area (Å²) in [6.07, 6.45) is 2.69. The van der Waals surface area contributed by atoms with Crippen molar-refractivity contribution in [1.29, 1.82) is 0 Å². The number of piperidine rings is 1. The van der Waals surface area contributed by atoms with Crippen LogP contribution < -0.4 is 10.2 Å². The summed E-state index contributed by atoms with van der Waals surface area (Å²) in [5.41, 5.74) is 6.64. The first kappa shape index (κ1) is 21.1.